The average Bonchev–Trinajstić information content (AvgIpc) is 2.60. The van der Waals surface area contributed by atoms with Gasteiger partial charge >= 0.3 is 0 Å². The zero-order valence-corrected chi connectivity index (χ0v) is 8.96. The number of hydrogen-bond donors (Lipinski definition) is 1. The van der Waals surface area contributed by atoms with Crippen molar-refractivity contribution in [2.75, 3.05) is 11.4 Å². The lowest BCUT2D eigenvalue weighted by atomic mass is 10.1. The minimum Gasteiger partial charge on any atom is -0.369 e. The van der Waals surface area contributed by atoms with E-state index in [1.165, 1.54) is 16.8 Å². The van der Waals surface area contributed by atoms with Crippen molar-refractivity contribution < 1.29 is 0 Å². The van der Waals surface area contributed by atoms with Crippen LogP contribution < -0.4 is 10.6 Å². The van der Waals surface area contributed by atoms with E-state index in [9.17, 15) is 0 Å². The Hall–Kier alpha value is -1.02. The highest BCUT2D eigenvalue weighted by molar-refractivity contribution is 5.61. The molecule has 14 heavy (non-hydrogen) atoms. The maximum absolute atomic E-state index is 5.73. The van der Waals surface area contributed by atoms with Crippen LogP contribution in [0, 0.1) is 0 Å². The summed E-state index contributed by atoms with van der Waals surface area (Å²) in [5, 5.41) is 0. The number of hydrogen-bond acceptors (Lipinski definition) is 2. The third-order valence-electron chi connectivity index (χ3n) is 3.00. The highest BCUT2D eigenvalue weighted by Crippen LogP contribution is 2.31. The summed E-state index contributed by atoms with van der Waals surface area (Å²) in [6, 6.07) is 7.05. The number of anilines is 1. The molecule has 1 aliphatic rings. The number of fused-ring (bicyclic) bond motifs is 1. The molecule has 2 rings (SSSR count). The van der Waals surface area contributed by atoms with Crippen molar-refractivity contribution in [3.05, 3.63) is 29.3 Å². The van der Waals surface area contributed by atoms with Crippen LogP contribution in [0.3, 0.4) is 0 Å². The fourth-order valence-corrected chi connectivity index (χ4v) is 2.26. The molecule has 1 aliphatic heterocycles. The van der Waals surface area contributed by atoms with Crippen molar-refractivity contribution in [2.24, 2.45) is 5.73 Å². The molecular weight excluding hydrogens is 172 g/mol. The predicted octanol–water partition coefficient (Wildman–Crippen LogP) is 1.92. The van der Waals surface area contributed by atoms with Gasteiger partial charge in [0.15, 0.2) is 0 Å². The van der Waals surface area contributed by atoms with Gasteiger partial charge in [-0.2, -0.15) is 0 Å². The first-order valence-electron chi connectivity index (χ1n) is 5.31. The van der Waals surface area contributed by atoms with Crippen molar-refractivity contribution in [1.29, 1.82) is 0 Å². The molecule has 0 saturated heterocycles. The molecule has 0 amide bonds. The Balaban J connectivity index is 2.41. The smallest absolute Gasteiger partial charge is 0.0405 e. The molecule has 0 unspecified atom stereocenters. The number of nitrogens with zero attached hydrogens (tertiary/aromatic N) is 1. The lowest BCUT2D eigenvalue weighted by Crippen LogP contribution is -2.28. The van der Waals surface area contributed by atoms with Gasteiger partial charge in [-0.05, 0) is 37.5 Å². The maximum atomic E-state index is 5.73. The van der Waals surface area contributed by atoms with Gasteiger partial charge in [0.25, 0.3) is 0 Å². The zero-order valence-electron chi connectivity index (χ0n) is 8.96. The third kappa shape index (κ3) is 1.40. The standard InChI is InChI=1S/C12H18N2/c1-9(2)14-7-6-11-10(8-13)4-3-5-12(11)14/h3-5,9H,6-8,13H2,1-2H3. The topological polar surface area (TPSA) is 29.3 Å². The predicted molar refractivity (Wildman–Crippen MR) is 60.5 cm³/mol. The fourth-order valence-electron chi connectivity index (χ4n) is 2.26. The van der Waals surface area contributed by atoms with Crippen LogP contribution >= 0.6 is 0 Å². The summed E-state index contributed by atoms with van der Waals surface area (Å²) in [6.07, 6.45) is 1.15. The first-order valence-corrected chi connectivity index (χ1v) is 5.31. The maximum Gasteiger partial charge on any atom is 0.0405 e. The van der Waals surface area contributed by atoms with Crippen LogP contribution in [0.5, 0.6) is 0 Å². The van der Waals surface area contributed by atoms with E-state index in [-0.39, 0.29) is 0 Å². The minimum absolute atomic E-state index is 0.587. The van der Waals surface area contributed by atoms with Crippen LogP contribution in [0.15, 0.2) is 18.2 Å². The van der Waals surface area contributed by atoms with Crippen molar-refractivity contribution >= 4 is 5.69 Å². The molecule has 1 aromatic rings. The summed E-state index contributed by atoms with van der Waals surface area (Å²) in [6.45, 7) is 6.29. The molecule has 0 aromatic heterocycles. The first-order chi connectivity index (χ1) is 6.74. The molecule has 2 heteroatoms. The molecule has 76 valence electrons. The van der Waals surface area contributed by atoms with Gasteiger partial charge in [0.2, 0.25) is 0 Å². The molecule has 2 N–H and O–H groups in total. The zero-order chi connectivity index (χ0) is 10.1. The number of benzene rings is 1. The summed E-state index contributed by atoms with van der Waals surface area (Å²) >= 11 is 0. The van der Waals surface area contributed by atoms with Crippen LogP contribution in [0.2, 0.25) is 0 Å². The van der Waals surface area contributed by atoms with Crippen LogP contribution in [0.4, 0.5) is 5.69 Å². The second-order valence-corrected chi connectivity index (χ2v) is 4.16. The summed E-state index contributed by atoms with van der Waals surface area (Å²) in [5.74, 6) is 0. The Morgan fingerprint density at radius 1 is 1.43 bits per heavy atom. The van der Waals surface area contributed by atoms with E-state index in [1.807, 2.05) is 0 Å². The molecule has 2 nitrogen and oxygen atoms in total. The molecule has 1 aromatic carbocycles. The monoisotopic (exact) mass is 190 g/mol. The average molecular weight is 190 g/mol. The van der Waals surface area contributed by atoms with Gasteiger partial charge in [-0.25, -0.2) is 0 Å². The summed E-state index contributed by atoms with van der Waals surface area (Å²) in [7, 11) is 0. The SMILES string of the molecule is CC(C)N1CCc2c(CN)cccc21. The van der Waals surface area contributed by atoms with Crippen molar-refractivity contribution in [2.45, 2.75) is 32.9 Å². The molecule has 0 fully saturated rings. The lowest BCUT2D eigenvalue weighted by Gasteiger charge is -2.24. The molecule has 0 saturated carbocycles. The largest absolute Gasteiger partial charge is 0.369 e. The summed E-state index contributed by atoms with van der Waals surface area (Å²) in [4.78, 5) is 2.45. The second-order valence-electron chi connectivity index (χ2n) is 4.16. The van der Waals surface area contributed by atoms with E-state index >= 15 is 0 Å². The molecule has 0 spiro atoms. The Morgan fingerprint density at radius 3 is 2.86 bits per heavy atom. The van der Waals surface area contributed by atoms with Crippen molar-refractivity contribution in [3.8, 4) is 0 Å². The Labute approximate surface area is 85.7 Å². The fraction of sp³-hybridized carbons (Fsp3) is 0.500. The molecular formula is C12H18N2. The minimum atomic E-state index is 0.587. The van der Waals surface area contributed by atoms with E-state index in [1.54, 1.807) is 0 Å². The van der Waals surface area contributed by atoms with Crippen LogP contribution in [0.25, 0.3) is 0 Å². The molecule has 0 bridgehead atoms. The lowest BCUT2D eigenvalue weighted by molar-refractivity contribution is 0.710. The van der Waals surface area contributed by atoms with Gasteiger partial charge < -0.3 is 10.6 Å². The third-order valence-corrected chi connectivity index (χ3v) is 3.00. The summed E-state index contributed by atoms with van der Waals surface area (Å²) in [5.41, 5.74) is 9.89. The van der Waals surface area contributed by atoms with Crippen LogP contribution in [-0.2, 0) is 13.0 Å². The van der Waals surface area contributed by atoms with Gasteiger partial charge in [-0.3, -0.25) is 0 Å². The quantitative estimate of drug-likeness (QED) is 0.772. The van der Waals surface area contributed by atoms with E-state index < -0.39 is 0 Å². The van der Waals surface area contributed by atoms with Crippen molar-refractivity contribution in [1.82, 2.24) is 0 Å². The van der Waals surface area contributed by atoms with Gasteiger partial charge in [0.05, 0.1) is 0 Å². The van der Waals surface area contributed by atoms with Crippen molar-refractivity contribution in [3.63, 3.8) is 0 Å². The van der Waals surface area contributed by atoms with Gasteiger partial charge in [-0.1, -0.05) is 12.1 Å². The van der Waals surface area contributed by atoms with Gasteiger partial charge in [0.1, 0.15) is 0 Å². The Kier molecular flexibility index (Phi) is 2.46. The van der Waals surface area contributed by atoms with E-state index in [4.69, 9.17) is 5.73 Å². The summed E-state index contributed by atoms with van der Waals surface area (Å²) < 4.78 is 0. The van der Waals surface area contributed by atoms with E-state index in [0.29, 0.717) is 12.6 Å². The highest BCUT2D eigenvalue weighted by atomic mass is 15.2. The van der Waals surface area contributed by atoms with Crippen LogP contribution in [-0.4, -0.2) is 12.6 Å². The number of rotatable bonds is 2. The molecule has 0 aliphatic carbocycles. The molecule has 1 heterocycles. The normalized spacial score (nSPS) is 15.0. The van der Waals surface area contributed by atoms with E-state index in [0.717, 1.165) is 13.0 Å². The number of nitrogens with two attached hydrogens (primary N) is 1. The van der Waals surface area contributed by atoms with E-state index in [2.05, 4.69) is 36.9 Å². The first kappa shape index (κ1) is 9.53. The second kappa shape index (κ2) is 3.62. The Morgan fingerprint density at radius 2 is 2.21 bits per heavy atom. The van der Waals surface area contributed by atoms with Gasteiger partial charge in [0, 0.05) is 24.8 Å². The molecule has 0 radical (unpaired) electrons. The van der Waals surface area contributed by atoms with Crippen LogP contribution in [0.1, 0.15) is 25.0 Å². The Bertz CT molecular complexity index is 331. The molecule has 0 atom stereocenters. The highest BCUT2D eigenvalue weighted by Gasteiger charge is 2.22. The van der Waals surface area contributed by atoms with Gasteiger partial charge in [-0.15, -0.1) is 0 Å².